The number of hydrogen-bond donors (Lipinski definition) is 0. The van der Waals surface area contributed by atoms with Gasteiger partial charge >= 0.3 is 0 Å². The minimum Gasteiger partial charge on any atom is -0.497 e. The molecule has 0 bridgehead atoms. The SMILES string of the molecule is COc1ccc(N(C)S(=O)(=O)CCl)cc1. The maximum absolute atomic E-state index is 11.4. The molecule has 6 heteroatoms. The molecule has 0 aliphatic heterocycles. The van der Waals surface area contributed by atoms with Gasteiger partial charge in [0.1, 0.15) is 11.0 Å². The summed E-state index contributed by atoms with van der Waals surface area (Å²) in [5.41, 5.74) is 0.552. The van der Waals surface area contributed by atoms with E-state index in [9.17, 15) is 8.42 Å². The van der Waals surface area contributed by atoms with E-state index in [0.29, 0.717) is 11.4 Å². The lowest BCUT2D eigenvalue weighted by Crippen LogP contribution is -2.27. The van der Waals surface area contributed by atoms with E-state index in [1.165, 1.54) is 7.05 Å². The van der Waals surface area contributed by atoms with Crippen molar-refractivity contribution in [3.05, 3.63) is 24.3 Å². The Morgan fingerprint density at radius 1 is 1.33 bits per heavy atom. The number of nitrogens with zero attached hydrogens (tertiary/aromatic N) is 1. The fourth-order valence-corrected chi connectivity index (χ4v) is 2.05. The molecule has 1 aromatic rings. The third kappa shape index (κ3) is 2.76. The van der Waals surface area contributed by atoms with Gasteiger partial charge in [0.15, 0.2) is 0 Å². The topological polar surface area (TPSA) is 46.6 Å². The Hall–Kier alpha value is -0.940. The van der Waals surface area contributed by atoms with Crippen molar-refractivity contribution < 1.29 is 13.2 Å². The summed E-state index contributed by atoms with van der Waals surface area (Å²) in [6.07, 6.45) is 0. The van der Waals surface area contributed by atoms with Gasteiger partial charge in [-0.2, -0.15) is 0 Å². The normalized spacial score (nSPS) is 11.1. The molecule has 4 nitrogen and oxygen atoms in total. The van der Waals surface area contributed by atoms with Crippen LogP contribution in [0.2, 0.25) is 0 Å². The average Bonchev–Trinajstić information content (AvgIpc) is 2.28. The van der Waals surface area contributed by atoms with E-state index in [4.69, 9.17) is 16.3 Å². The van der Waals surface area contributed by atoms with E-state index in [2.05, 4.69) is 0 Å². The molecule has 0 atom stereocenters. The number of ether oxygens (including phenoxy) is 1. The first-order valence-corrected chi connectivity index (χ1v) is 6.32. The van der Waals surface area contributed by atoms with Crippen LogP contribution in [0.15, 0.2) is 24.3 Å². The minimum absolute atomic E-state index is 0.435. The summed E-state index contributed by atoms with van der Waals surface area (Å²) in [6.45, 7) is 0. The Labute approximate surface area is 94.5 Å². The number of methoxy groups -OCH3 is 1. The van der Waals surface area contributed by atoms with Gasteiger partial charge in [-0.15, -0.1) is 11.6 Å². The number of alkyl halides is 1. The third-order valence-electron chi connectivity index (χ3n) is 1.99. The molecule has 0 aromatic heterocycles. The second-order valence-corrected chi connectivity index (χ2v) is 5.47. The molecule has 0 spiro atoms. The van der Waals surface area contributed by atoms with Crippen molar-refractivity contribution in [3.63, 3.8) is 0 Å². The molecule has 0 N–H and O–H groups in total. The van der Waals surface area contributed by atoms with Crippen LogP contribution in [0.3, 0.4) is 0 Å². The first kappa shape index (κ1) is 12.1. The summed E-state index contributed by atoms with van der Waals surface area (Å²) >= 11 is 5.34. The van der Waals surface area contributed by atoms with Crippen molar-refractivity contribution in [2.75, 3.05) is 23.7 Å². The third-order valence-corrected chi connectivity index (χ3v) is 4.14. The first-order chi connectivity index (χ1) is 7.01. The van der Waals surface area contributed by atoms with Gasteiger partial charge in [-0.25, -0.2) is 8.42 Å². The van der Waals surface area contributed by atoms with Gasteiger partial charge < -0.3 is 4.74 Å². The summed E-state index contributed by atoms with van der Waals surface area (Å²) < 4.78 is 28.9. The Bertz CT molecular complexity index is 415. The minimum atomic E-state index is -3.41. The lowest BCUT2D eigenvalue weighted by atomic mass is 10.3. The smallest absolute Gasteiger partial charge is 0.248 e. The second-order valence-electron chi connectivity index (χ2n) is 2.89. The van der Waals surface area contributed by atoms with E-state index in [-0.39, 0.29) is 0 Å². The van der Waals surface area contributed by atoms with E-state index in [1.54, 1.807) is 31.4 Å². The predicted octanol–water partition coefficient (Wildman–Crippen LogP) is 1.66. The molecule has 84 valence electrons. The molecule has 0 radical (unpaired) electrons. The summed E-state index contributed by atoms with van der Waals surface area (Å²) in [5.74, 6) is 0.676. The van der Waals surface area contributed by atoms with Crippen LogP contribution in [0, 0.1) is 0 Å². The van der Waals surface area contributed by atoms with Crippen molar-refractivity contribution >= 4 is 27.3 Å². The molecule has 0 saturated carbocycles. The van der Waals surface area contributed by atoms with Crippen LogP contribution >= 0.6 is 11.6 Å². The van der Waals surface area contributed by atoms with Crippen LogP contribution in [0.4, 0.5) is 5.69 Å². The average molecular weight is 250 g/mol. The van der Waals surface area contributed by atoms with Gasteiger partial charge in [0.25, 0.3) is 0 Å². The fourth-order valence-electron chi connectivity index (χ4n) is 1.03. The monoisotopic (exact) mass is 249 g/mol. The van der Waals surface area contributed by atoms with Crippen LogP contribution in [-0.4, -0.2) is 27.8 Å². The summed E-state index contributed by atoms with van der Waals surface area (Å²) in [7, 11) is -0.405. The van der Waals surface area contributed by atoms with E-state index in [1.807, 2.05) is 0 Å². The van der Waals surface area contributed by atoms with Gasteiger partial charge in [-0.1, -0.05) is 0 Å². The van der Waals surface area contributed by atoms with Gasteiger partial charge in [0.2, 0.25) is 10.0 Å². The number of halogens is 1. The van der Waals surface area contributed by atoms with Gasteiger partial charge in [0.05, 0.1) is 12.8 Å². The maximum atomic E-state index is 11.4. The van der Waals surface area contributed by atoms with Crippen LogP contribution < -0.4 is 9.04 Å². The molecular formula is C9H12ClNO3S. The highest BCUT2D eigenvalue weighted by Gasteiger charge is 2.16. The molecule has 0 amide bonds. The number of benzene rings is 1. The molecule has 1 rings (SSSR count). The number of anilines is 1. The highest BCUT2D eigenvalue weighted by Crippen LogP contribution is 2.20. The van der Waals surface area contributed by atoms with Crippen molar-refractivity contribution in [1.82, 2.24) is 0 Å². The molecule has 0 unspecified atom stereocenters. The number of rotatable bonds is 4. The van der Waals surface area contributed by atoms with Crippen LogP contribution in [-0.2, 0) is 10.0 Å². The lowest BCUT2D eigenvalue weighted by Gasteiger charge is -2.17. The highest BCUT2D eigenvalue weighted by atomic mass is 35.5. The molecule has 15 heavy (non-hydrogen) atoms. The van der Waals surface area contributed by atoms with E-state index < -0.39 is 15.2 Å². The summed E-state index contributed by atoms with van der Waals surface area (Å²) in [4.78, 5) is 0. The van der Waals surface area contributed by atoms with Gasteiger partial charge in [-0.05, 0) is 24.3 Å². The zero-order valence-electron chi connectivity index (χ0n) is 8.47. The fraction of sp³-hybridized carbons (Fsp3) is 0.333. The zero-order chi connectivity index (χ0) is 11.5. The molecule has 0 saturated heterocycles. The summed E-state index contributed by atoms with van der Waals surface area (Å²) in [5, 5.41) is -0.435. The molecule has 1 aromatic carbocycles. The zero-order valence-corrected chi connectivity index (χ0v) is 10.0. The second kappa shape index (κ2) is 4.72. The summed E-state index contributed by atoms with van der Waals surface area (Å²) in [6, 6.07) is 6.69. The van der Waals surface area contributed by atoms with Crippen LogP contribution in [0.5, 0.6) is 5.75 Å². The standard InChI is InChI=1S/C9H12ClNO3S/c1-11(15(12,13)7-10)8-3-5-9(14-2)6-4-8/h3-6H,7H2,1-2H3. The van der Waals surface area contributed by atoms with Crippen LogP contribution in [0.1, 0.15) is 0 Å². The van der Waals surface area contributed by atoms with Crippen molar-refractivity contribution in [3.8, 4) is 5.75 Å². The van der Waals surface area contributed by atoms with Gasteiger partial charge in [0, 0.05) is 7.05 Å². The van der Waals surface area contributed by atoms with E-state index in [0.717, 1.165) is 4.31 Å². The maximum Gasteiger partial charge on any atom is 0.248 e. The van der Waals surface area contributed by atoms with Crippen LogP contribution in [0.25, 0.3) is 0 Å². The Balaban J connectivity index is 2.97. The molecule has 0 aliphatic rings. The van der Waals surface area contributed by atoms with E-state index >= 15 is 0 Å². The largest absolute Gasteiger partial charge is 0.497 e. The first-order valence-electron chi connectivity index (χ1n) is 4.18. The predicted molar refractivity (Wildman–Crippen MR) is 61.0 cm³/mol. The molecular weight excluding hydrogens is 238 g/mol. The van der Waals surface area contributed by atoms with Crippen molar-refractivity contribution in [2.45, 2.75) is 0 Å². The Kier molecular flexibility index (Phi) is 3.82. The van der Waals surface area contributed by atoms with Gasteiger partial charge in [-0.3, -0.25) is 4.31 Å². The molecule has 0 fully saturated rings. The molecule has 0 heterocycles. The Morgan fingerprint density at radius 2 is 1.87 bits per heavy atom. The van der Waals surface area contributed by atoms with Crippen molar-refractivity contribution in [1.29, 1.82) is 0 Å². The molecule has 0 aliphatic carbocycles. The van der Waals surface area contributed by atoms with Crippen molar-refractivity contribution in [2.24, 2.45) is 0 Å². The quantitative estimate of drug-likeness (QED) is 0.763. The Morgan fingerprint density at radius 3 is 2.27 bits per heavy atom. The number of hydrogen-bond acceptors (Lipinski definition) is 3. The lowest BCUT2D eigenvalue weighted by molar-refractivity contribution is 0.415. The highest BCUT2D eigenvalue weighted by molar-refractivity contribution is 7.93. The number of sulfonamides is 1.